The lowest BCUT2D eigenvalue weighted by molar-refractivity contribution is -0.385. The normalized spacial score (nSPS) is 11.0. The number of carbonyl (C=O) groups is 2. The molecule has 0 aliphatic heterocycles. The molecule has 0 saturated carbocycles. The van der Waals surface area contributed by atoms with Crippen molar-refractivity contribution >= 4 is 23.2 Å². The number of rotatable bonds is 5. The maximum Gasteiger partial charge on any atom is 0.405 e. The standard InChI is InChI=1S/C17H14F3N3O4/c1-10-11(6-4-8-14(10)23(26)27)16(25)22-13-7-3-2-5-12(13)15(24)21-9-17(18,19)20/h2-8H,9H2,1H3,(H,21,24)(H,22,25). The van der Waals surface area contributed by atoms with Crippen LogP contribution in [0.2, 0.25) is 0 Å². The van der Waals surface area contributed by atoms with Crippen LogP contribution in [0.4, 0.5) is 24.5 Å². The molecule has 142 valence electrons. The average Bonchev–Trinajstić information content (AvgIpc) is 2.59. The molecule has 2 rings (SSSR count). The number of amides is 2. The molecule has 2 N–H and O–H groups in total. The van der Waals surface area contributed by atoms with Crippen molar-refractivity contribution in [2.45, 2.75) is 13.1 Å². The third-order valence-corrected chi connectivity index (χ3v) is 3.62. The summed E-state index contributed by atoms with van der Waals surface area (Å²) >= 11 is 0. The van der Waals surface area contributed by atoms with E-state index in [2.05, 4.69) is 5.32 Å². The van der Waals surface area contributed by atoms with Gasteiger partial charge in [0.1, 0.15) is 6.54 Å². The number of anilines is 1. The lowest BCUT2D eigenvalue weighted by Gasteiger charge is -2.13. The molecule has 0 radical (unpaired) electrons. The monoisotopic (exact) mass is 381 g/mol. The van der Waals surface area contributed by atoms with Crippen LogP contribution in [0.1, 0.15) is 26.3 Å². The highest BCUT2D eigenvalue weighted by atomic mass is 19.4. The first-order valence-corrected chi connectivity index (χ1v) is 7.59. The summed E-state index contributed by atoms with van der Waals surface area (Å²) in [6, 6.07) is 9.44. The van der Waals surface area contributed by atoms with Crippen molar-refractivity contribution in [3.63, 3.8) is 0 Å². The molecule has 0 saturated heterocycles. The third-order valence-electron chi connectivity index (χ3n) is 3.62. The summed E-state index contributed by atoms with van der Waals surface area (Å²) in [4.78, 5) is 34.8. The number of para-hydroxylation sites is 1. The molecule has 2 aromatic rings. The Morgan fingerprint density at radius 2 is 1.67 bits per heavy atom. The van der Waals surface area contributed by atoms with E-state index in [1.165, 1.54) is 49.4 Å². The van der Waals surface area contributed by atoms with E-state index in [4.69, 9.17) is 0 Å². The van der Waals surface area contributed by atoms with E-state index < -0.39 is 29.5 Å². The lowest BCUT2D eigenvalue weighted by atomic mass is 10.1. The summed E-state index contributed by atoms with van der Waals surface area (Å²) in [5, 5.41) is 15.1. The molecule has 0 atom stereocenters. The number of nitrogens with zero attached hydrogens (tertiary/aromatic N) is 1. The van der Waals surface area contributed by atoms with E-state index in [-0.39, 0.29) is 28.1 Å². The highest BCUT2D eigenvalue weighted by Gasteiger charge is 2.28. The molecule has 0 bridgehead atoms. The van der Waals surface area contributed by atoms with E-state index in [1.54, 1.807) is 5.32 Å². The summed E-state index contributed by atoms with van der Waals surface area (Å²) < 4.78 is 36.8. The number of nitro benzene ring substituents is 1. The second-order valence-electron chi connectivity index (χ2n) is 5.50. The summed E-state index contributed by atoms with van der Waals surface area (Å²) in [5.74, 6) is -1.74. The van der Waals surface area contributed by atoms with Crippen LogP contribution in [0.3, 0.4) is 0 Å². The van der Waals surface area contributed by atoms with Gasteiger partial charge in [0.25, 0.3) is 17.5 Å². The number of carbonyl (C=O) groups excluding carboxylic acids is 2. The van der Waals surface area contributed by atoms with Crippen LogP contribution in [0, 0.1) is 17.0 Å². The molecule has 0 heterocycles. The van der Waals surface area contributed by atoms with E-state index >= 15 is 0 Å². The van der Waals surface area contributed by atoms with Gasteiger partial charge in [-0.25, -0.2) is 0 Å². The first kappa shape index (κ1) is 19.9. The van der Waals surface area contributed by atoms with Gasteiger partial charge in [0.15, 0.2) is 0 Å². The summed E-state index contributed by atoms with van der Waals surface area (Å²) in [5.41, 5.74) is -0.307. The second-order valence-corrected chi connectivity index (χ2v) is 5.50. The summed E-state index contributed by atoms with van der Waals surface area (Å²) in [6.45, 7) is -0.118. The number of nitrogens with one attached hydrogen (secondary N) is 2. The molecule has 27 heavy (non-hydrogen) atoms. The summed E-state index contributed by atoms with van der Waals surface area (Å²) in [6.07, 6.45) is -4.58. The van der Waals surface area contributed by atoms with Gasteiger partial charge in [-0.15, -0.1) is 0 Å². The zero-order valence-electron chi connectivity index (χ0n) is 14.0. The Labute approximate surface area is 151 Å². The van der Waals surface area contributed by atoms with Gasteiger partial charge >= 0.3 is 6.18 Å². The van der Waals surface area contributed by atoms with Crippen molar-refractivity contribution in [1.82, 2.24) is 5.32 Å². The molecule has 0 unspecified atom stereocenters. The highest BCUT2D eigenvalue weighted by Crippen LogP contribution is 2.23. The van der Waals surface area contributed by atoms with E-state index in [1.807, 2.05) is 0 Å². The third kappa shape index (κ3) is 5.03. The SMILES string of the molecule is Cc1c(C(=O)Nc2ccccc2C(=O)NCC(F)(F)F)cccc1[N+](=O)[O-]. The van der Waals surface area contributed by atoms with Gasteiger partial charge in [0, 0.05) is 17.2 Å². The molecule has 0 aliphatic rings. The van der Waals surface area contributed by atoms with Crippen LogP contribution in [0.25, 0.3) is 0 Å². The maximum atomic E-state index is 12.5. The zero-order chi connectivity index (χ0) is 20.2. The fourth-order valence-corrected chi connectivity index (χ4v) is 2.32. The second kappa shape index (κ2) is 7.85. The van der Waals surface area contributed by atoms with Gasteiger partial charge in [-0.1, -0.05) is 18.2 Å². The van der Waals surface area contributed by atoms with Gasteiger partial charge in [-0.05, 0) is 25.1 Å². The lowest BCUT2D eigenvalue weighted by Crippen LogP contribution is -2.34. The highest BCUT2D eigenvalue weighted by molar-refractivity contribution is 6.09. The largest absolute Gasteiger partial charge is 0.405 e. The average molecular weight is 381 g/mol. The van der Waals surface area contributed by atoms with Crippen LogP contribution < -0.4 is 10.6 Å². The van der Waals surface area contributed by atoms with Crippen LogP contribution >= 0.6 is 0 Å². The number of nitro groups is 1. The Kier molecular flexibility index (Phi) is 5.78. The molecule has 0 aliphatic carbocycles. The van der Waals surface area contributed by atoms with Crippen LogP contribution in [0.5, 0.6) is 0 Å². The molecule has 2 amide bonds. The number of halogens is 3. The van der Waals surface area contributed by atoms with Crippen molar-refractivity contribution in [2.75, 3.05) is 11.9 Å². The Morgan fingerprint density at radius 1 is 1.04 bits per heavy atom. The fourth-order valence-electron chi connectivity index (χ4n) is 2.32. The van der Waals surface area contributed by atoms with E-state index in [0.717, 1.165) is 0 Å². The fraction of sp³-hybridized carbons (Fsp3) is 0.176. The van der Waals surface area contributed by atoms with Crippen LogP contribution in [-0.4, -0.2) is 29.5 Å². The first-order valence-electron chi connectivity index (χ1n) is 7.59. The van der Waals surface area contributed by atoms with E-state index in [9.17, 15) is 32.9 Å². The van der Waals surface area contributed by atoms with Crippen molar-refractivity contribution < 1.29 is 27.7 Å². The topological polar surface area (TPSA) is 101 Å². The molecule has 0 aromatic heterocycles. The summed E-state index contributed by atoms with van der Waals surface area (Å²) in [7, 11) is 0. The number of benzene rings is 2. The van der Waals surface area contributed by atoms with Crippen molar-refractivity contribution in [1.29, 1.82) is 0 Å². The molecular formula is C17H14F3N3O4. The number of hydrogen-bond donors (Lipinski definition) is 2. The van der Waals surface area contributed by atoms with Gasteiger partial charge in [0.2, 0.25) is 0 Å². The van der Waals surface area contributed by atoms with Crippen molar-refractivity contribution in [3.05, 3.63) is 69.3 Å². The van der Waals surface area contributed by atoms with Crippen molar-refractivity contribution in [2.24, 2.45) is 0 Å². The van der Waals surface area contributed by atoms with Crippen LogP contribution in [0.15, 0.2) is 42.5 Å². The van der Waals surface area contributed by atoms with Gasteiger partial charge < -0.3 is 10.6 Å². The maximum absolute atomic E-state index is 12.5. The minimum Gasteiger partial charge on any atom is -0.343 e. The van der Waals surface area contributed by atoms with Gasteiger partial charge in [-0.2, -0.15) is 13.2 Å². The predicted molar refractivity (Wildman–Crippen MR) is 90.6 cm³/mol. The van der Waals surface area contributed by atoms with E-state index in [0.29, 0.717) is 0 Å². The molecule has 7 nitrogen and oxygen atoms in total. The van der Waals surface area contributed by atoms with Crippen molar-refractivity contribution in [3.8, 4) is 0 Å². The number of alkyl halides is 3. The molecule has 0 spiro atoms. The molecule has 10 heteroatoms. The Bertz CT molecular complexity index is 897. The zero-order valence-corrected chi connectivity index (χ0v) is 14.0. The predicted octanol–water partition coefficient (Wildman–Crippen LogP) is 3.45. The molecule has 0 fully saturated rings. The molecule has 2 aromatic carbocycles. The molecular weight excluding hydrogens is 367 g/mol. The van der Waals surface area contributed by atoms with Gasteiger partial charge in [-0.3, -0.25) is 19.7 Å². The minimum absolute atomic E-state index is 0.00898. The number of hydrogen-bond acceptors (Lipinski definition) is 4. The quantitative estimate of drug-likeness (QED) is 0.612. The Hall–Kier alpha value is -3.43. The van der Waals surface area contributed by atoms with Crippen LogP contribution in [-0.2, 0) is 0 Å². The Balaban J connectivity index is 2.26. The Morgan fingerprint density at radius 3 is 2.30 bits per heavy atom. The smallest absolute Gasteiger partial charge is 0.343 e. The first-order chi connectivity index (χ1) is 12.6. The van der Waals surface area contributed by atoms with Gasteiger partial charge in [0.05, 0.1) is 16.2 Å². The minimum atomic E-state index is -4.58.